The molecule has 0 spiro atoms. The second kappa shape index (κ2) is 6.12. The molecule has 6 nitrogen and oxygen atoms in total. The van der Waals surface area contributed by atoms with Crippen LogP contribution in [0.25, 0.3) is 0 Å². The first-order valence-corrected chi connectivity index (χ1v) is 7.93. The lowest BCUT2D eigenvalue weighted by Gasteiger charge is -2.34. The van der Waals surface area contributed by atoms with E-state index in [1.165, 1.54) is 0 Å². The molecule has 6 heteroatoms. The fraction of sp³-hybridized carbons (Fsp3) is 0.471. The maximum absolute atomic E-state index is 12.2. The van der Waals surface area contributed by atoms with Crippen LogP contribution >= 0.6 is 0 Å². The summed E-state index contributed by atoms with van der Waals surface area (Å²) >= 11 is 0. The van der Waals surface area contributed by atoms with Crippen molar-refractivity contribution in [3.8, 4) is 0 Å². The highest BCUT2D eigenvalue weighted by atomic mass is 16.2. The molecule has 3 amide bonds. The second-order valence-electron chi connectivity index (χ2n) is 6.58. The zero-order valence-electron chi connectivity index (χ0n) is 13.2. The third-order valence-electron chi connectivity index (χ3n) is 4.70. The maximum Gasteiger partial charge on any atom is 0.262 e. The molecule has 1 saturated heterocycles. The summed E-state index contributed by atoms with van der Waals surface area (Å²) in [5.74, 6) is -1.08. The fourth-order valence-corrected chi connectivity index (χ4v) is 3.10. The summed E-state index contributed by atoms with van der Waals surface area (Å²) < 4.78 is 0. The number of nitrogens with zero attached hydrogens (tertiary/aromatic N) is 1. The molecule has 1 aromatic rings. The van der Waals surface area contributed by atoms with Gasteiger partial charge in [-0.15, -0.1) is 0 Å². The minimum atomic E-state index is -0.395. The van der Waals surface area contributed by atoms with Gasteiger partial charge < -0.3 is 10.6 Å². The Bertz CT molecular complexity index is 615. The van der Waals surface area contributed by atoms with E-state index in [0.29, 0.717) is 17.7 Å². The van der Waals surface area contributed by atoms with Gasteiger partial charge in [0.15, 0.2) is 0 Å². The number of hydrogen-bond acceptors (Lipinski definition) is 4. The predicted octanol–water partition coefficient (Wildman–Crippen LogP) is 0.788. The van der Waals surface area contributed by atoms with Crippen molar-refractivity contribution in [3.05, 3.63) is 35.4 Å². The Hall–Kier alpha value is -2.21. The number of amides is 3. The summed E-state index contributed by atoms with van der Waals surface area (Å²) in [6.45, 7) is 4.39. The molecule has 23 heavy (non-hydrogen) atoms. The molecular formula is C17H21N3O3. The zero-order valence-corrected chi connectivity index (χ0v) is 13.2. The highest BCUT2D eigenvalue weighted by molar-refractivity contribution is 6.22. The minimum Gasteiger partial charge on any atom is -0.354 e. The van der Waals surface area contributed by atoms with Gasteiger partial charge in [-0.2, -0.15) is 0 Å². The van der Waals surface area contributed by atoms with Crippen LogP contribution in [0.1, 0.15) is 40.5 Å². The van der Waals surface area contributed by atoms with Crippen LogP contribution in [0.4, 0.5) is 0 Å². The molecular weight excluding hydrogens is 294 g/mol. The van der Waals surface area contributed by atoms with Crippen molar-refractivity contribution >= 4 is 17.7 Å². The average molecular weight is 315 g/mol. The lowest BCUT2D eigenvalue weighted by atomic mass is 9.81. The van der Waals surface area contributed by atoms with Crippen molar-refractivity contribution < 1.29 is 14.4 Å². The van der Waals surface area contributed by atoms with Crippen LogP contribution in [0.15, 0.2) is 24.3 Å². The van der Waals surface area contributed by atoms with E-state index in [2.05, 4.69) is 17.6 Å². The first-order chi connectivity index (χ1) is 11.0. The van der Waals surface area contributed by atoms with Gasteiger partial charge in [0.2, 0.25) is 5.91 Å². The van der Waals surface area contributed by atoms with E-state index in [0.717, 1.165) is 30.8 Å². The van der Waals surface area contributed by atoms with Gasteiger partial charge in [-0.1, -0.05) is 19.1 Å². The molecule has 0 saturated carbocycles. The molecule has 2 aliphatic heterocycles. The van der Waals surface area contributed by atoms with E-state index in [-0.39, 0.29) is 17.9 Å². The predicted molar refractivity (Wildman–Crippen MR) is 85.0 cm³/mol. The van der Waals surface area contributed by atoms with Crippen molar-refractivity contribution in [2.75, 3.05) is 26.2 Å². The molecule has 0 bridgehead atoms. The minimum absolute atomic E-state index is 0.0723. The largest absolute Gasteiger partial charge is 0.354 e. The molecule has 0 aromatic heterocycles. The van der Waals surface area contributed by atoms with Crippen LogP contribution in [0.2, 0.25) is 0 Å². The fourth-order valence-electron chi connectivity index (χ4n) is 3.10. The third-order valence-corrected chi connectivity index (χ3v) is 4.70. The molecule has 2 aliphatic rings. The number of nitrogens with one attached hydrogen (secondary N) is 2. The Balaban J connectivity index is 1.59. The van der Waals surface area contributed by atoms with Gasteiger partial charge >= 0.3 is 0 Å². The molecule has 0 atom stereocenters. The van der Waals surface area contributed by atoms with Crippen LogP contribution in [0, 0.1) is 5.41 Å². The summed E-state index contributed by atoms with van der Waals surface area (Å²) in [7, 11) is 0. The Morgan fingerprint density at radius 2 is 1.74 bits per heavy atom. The van der Waals surface area contributed by atoms with E-state index >= 15 is 0 Å². The summed E-state index contributed by atoms with van der Waals surface area (Å²) in [5, 5.41) is 6.17. The van der Waals surface area contributed by atoms with Gasteiger partial charge in [-0.05, 0) is 43.5 Å². The first-order valence-electron chi connectivity index (χ1n) is 7.93. The number of imide groups is 1. The van der Waals surface area contributed by atoms with E-state index in [4.69, 9.17) is 0 Å². The normalized spacial score (nSPS) is 19.6. The SMILES string of the molecule is CC1(CNC(=O)CN2C(=O)c3ccccc3C2=O)CCNCC1. The van der Waals surface area contributed by atoms with Crippen molar-refractivity contribution in [1.82, 2.24) is 15.5 Å². The molecule has 2 N–H and O–H groups in total. The van der Waals surface area contributed by atoms with Gasteiger partial charge in [-0.25, -0.2) is 0 Å². The van der Waals surface area contributed by atoms with E-state index in [1.54, 1.807) is 24.3 Å². The van der Waals surface area contributed by atoms with Crippen LogP contribution < -0.4 is 10.6 Å². The van der Waals surface area contributed by atoms with E-state index < -0.39 is 11.8 Å². The number of benzene rings is 1. The number of fused-ring (bicyclic) bond motifs is 1. The average Bonchev–Trinajstić information content (AvgIpc) is 2.79. The lowest BCUT2D eigenvalue weighted by molar-refractivity contribution is -0.122. The first kappa shape index (κ1) is 15.7. The van der Waals surface area contributed by atoms with Crippen molar-refractivity contribution in [2.45, 2.75) is 19.8 Å². The quantitative estimate of drug-likeness (QED) is 0.805. The summed E-state index contributed by atoms with van der Waals surface area (Å²) in [5.41, 5.74) is 0.814. The van der Waals surface area contributed by atoms with Crippen LogP contribution in [0.5, 0.6) is 0 Å². The number of piperidine rings is 1. The number of carbonyl (C=O) groups is 3. The summed E-state index contributed by atoms with van der Waals surface area (Å²) in [6, 6.07) is 6.66. The van der Waals surface area contributed by atoms with E-state index in [9.17, 15) is 14.4 Å². The number of carbonyl (C=O) groups excluding carboxylic acids is 3. The standard InChI is InChI=1S/C17H21N3O3/c1-17(6-8-18-9-7-17)11-19-14(21)10-20-15(22)12-4-2-3-5-13(12)16(20)23/h2-5,18H,6-11H2,1H3,(H,19,21). The second-order valence-corrected chi connectivity index (χ2v) is 6.58. The zero-order chi connectivity index (χ0) is 16.4. The highest BCUT2D eigenvalue weighted by Gasteiger charge is 2.36. The topological polar surface area (TPSA) is 78.5 Å². The van der Waals surface area contributed by atoms with Gasteiger partial charge in [0.1, 0.15) is 6.54 Å². The Kier molecular flexibility index (Phi) is 4.17. The molecule has 0 unspecified atom stereocenters. The molecule has 1 aromatic carbocycles. The van der Waals surface area contributed by atoms with Crippen LogP contribution in [-0.4, -0.2) is 48.8 Å². The van der Waals surface area contributed by atoms with Crippen molar-refractivity contribution in [2.24, 2.45) is 5.41 Å². The van der Waals surface area contributed by atoms with Crippen LogP contribution in [0.3, 0.4) is 0 Å². The maximum atomic E-state index is 12.2. The molecule has 1 fully saturated rings. The Morgan fingerprint density at radius 1 is 1.17 bits per heavy atom. The summed E-state index contributed by atoms with van der Waals surface area (Å²) in [4.78, 5) is 37.6. The molecule has 0 radical (unpaired) electrons. The van der Waals surface area contributed by atoms with Gasteiger partial charge in [0.25, 0.3) is 11.8 Å². The monoisotopic (exact) mass is 315 g/mol. The van der Waals surface area contributed by atoms with Gasteiger partial charge in [0.05, 0.1) is 11.1 Å². The van der Waals surface area contributed by atoms with Gasteiger partial charge in [0, 0.05) is 6.54 Å². The van der Waals surface area contributed by atoms with Gasteiger partial charge in [-0.3, -0.25) is 19.3 Å². The smallest absolute Gasteiger partial charge is 0.262 e. The lowest BCUT2D eigenvalue weighted by Crippen LogP contribution is -2.46. The highest BCUT2D eigenvalue weighted by Crippen LogP contribution is 2.27. The number of hydrogen-bond donors (Lipinski definition) is 2. The molecule has 2 heterocycles. The Morgan fingerprint density at radius 3 is 2.30 bits per heavy atom. The summed E-state index contributed by atoms with van der Waals surface area (Å²) in [6.07, 6.45) is 2.00. The van der Waals surface area contributed by atoms with Crippen LogP contribution in [-0.2, 0) is 4.79 Å². The molecule has 3 rings (SSSR count). The molecule has 0 aliphatic carbocycles. The number of rotatable bonds is 4. The molecule has 122 valence electrons. The van der Waals surface area contributed by atoms with Crippen molar-refractivity contribution in [3.63, 3.8) is 0 Å². The Labute approximate surface area is 135 Å². The van der Waals surface area contributed by atoms with E-state index in [1.807, 2.05) is 0 Å². The van der Waals surface area contributed by atoms with Crippen molar-refractivity contribution in [1.29, 1.82) is 0 Å². The third kappa shape index (κ3) is 3.12.